The number of amides is 1. The van der Waals surface area contributed by atoms with Gasteiger partial charge in [-0.3, -0.25) is 4.79 Å². The minimum absolute atomic E-state index is 0.105. The Bertz CT molecular complexity index is 852. The number of ether oxygens (including phenoxy) is 1. The van der Waals surface area contributed by atoms with Crippen molar-refractivity contribution < 1.29 is 14.1 Å². The van der Waals surface area contributed by atoms with Crippen molar-refractivity contribution in [2.24, 2.45) is 0 Å². The zero-order valence-corrected chi connectivity index (χ0v) is 14.4. The molecule has 1 amide bonds. The molecule has 3 aromatic rings. The van der Waals surface area contributed by atoms with Crippen LogP contribution in [0.15, 0.2) is 34.9 Å². The smallest absolute Gasteiger partial charge is 0.264 e. The molecule has 7 heteroatoms. The van der Waals surface area contributed by atoms with Crippen LogP contribution in [0, 0.1) is 20.8 Å². The minimum atomic E-state index is -0.105. The van der Waals surface area contributed by atoms with Crippen LogP contribution in [-0.4, -0.2) is 16.0 Å². The van der Waals surface area contributed by atoms with Crippen molar-refractivity contribution in [1.82, 2.24) is 10.1 Å². The zero-order valence-electron chi connectivity index (χ0n) is 13.6. The molecule has 0 spiro atoms. The number of hydrogen-bond acceptors (Lipinski definition) is 6. The third kappa shape index (κ3) is 3.80. The van der Waals surface area contributed by atoms with E-state index in [1.165, 1.54) is 0 Å². The average Bonchev–Trinajstić information content (AvgIpc) is 3.11. The van der Waals surface area contributed by atoms with E-state index in [1.54, 1.807) is 42.5 Å². The third-order valence-electron chi connectivity index (χ3n) is 3.33. The second kappa shape index (κ2) is 6.84. The molecule has 1 aromatic carbocycles. The molecule has 0 aliphatic heterocycles. The van der Waals surface area contributed by atoms with E-state index in [2.05, 4.69) is 15.5 Å². The number of hydrogen-bond donors (Lipinski definition) is 1. The van der Waals surface area contributed by atoms with E-state index < -0.39 is 0 Å². The molecule has 0 aliphatic rings. The molecule has 2 heterocycles. The molecule has 0 radical (unpaired) electrons. The Morgan fingerprint density at radius 1 is 1.25 bits per heavy atom. The summed E-state index contributed by atoms with van der Waals surface area (Å²) in [4.78, 5) is 18.5. The van der Waals surface area contributed by atoms with Gasteiger partial charge in [0.1, 0.15) is 5.75 Å². The first-order chi connectivity index (χ1) is 11.5. The summed E-state index contributed by atoms with van der Waals surface area (Å²) in [7, 11) is 0. The topological polar surface area (TPSA) is 77.3 Å². The van der Waals surface area contributed by atoms with Gasteiger partial charge in [-0.05, 0) is 51.1 Å². The van der Waals surface area contributed by atoms with E-state index in [4.69, 9.17) is 9.26 Å². The van der Waals surface area contributed by atoms with Gasteiger partial charge in [-0.25, -0.2) is 0 Å². The Labute approximate surface area is 143 Å². The zero-order chi connectivity index (χ0) is 17.1. The lowest BCUT2D eigenvalue weighted by atomic mass is 10.2. The Hall–Kier alpha value is -2.67. The summed E-state index contributed by atoms with van der Waals surface area (Å²) < 4.78 is 10.5. The number of thiophene rings is 1. The van der Waals surface area contributed by atoms with Gasteiger partial charge < -0.3 is 14.6 Å². The fourth-order valence-corrected chi connectivity index (χ4v) is 3.15. The first-order valence-electron chi connectivity index (χ1n) is 7.41. The number of aromatic nitrogens is 2. The normalized spacial score (nSPS) is 10.6. The fourth-order valence-electron chi connectivity index (χ4n) is 2.23. The molecule has 0 unspecified atom stereocenters. The number of carbonyl (C=O) groups is 1. The molecule has 2 aromatic heterocycles. The van der Waals surface area contributed by atoms with Crippen LogP contribution < -0.4 is 10.1 Å². The quantitative estimate of drug-likeness (QED) is 0.760. The standard InChI is InChI=1S/C17H17N3O3S/c1-10-8-15(11(2)24-10)17(21)19-13-4-6-14(7-5-13)22-9-16-18-12(3)20-23-16/h4-8H,9H2,1-3H3,(H,19,21). The van der Waals surface area contributed by atoms with Crippen LogP contribution in [0.3, 0.4) is 0 Å². The van der Waals surface area contributed by atoms with Gasteiger partial charge in [0.05, 0.1) is 5.56 Å². The fraction of sp³-hybridized carbons (Fsp3) is 0.235. The lowest BCUT2D eigenvalue weighted by molar-refractivity contribution is 0.102. The van der Waals surface area contributed by atoms with Gasteiger partial charge in [-0.2, -0.15) is 4.98 Å². The van der Waals surface area contributed by atoms with Gasteiger partial charge in [-0.1, -0.05) is 5.16 Å². The van der Waals surface area contributed by atoms with Crippen LogP contribution in [0.2, 0.25) is 0 Å². The van der Waals surface area contributed by atoms with E-state index in [0.717, 1.165) is 9.75 Å². The van der Waals surface area contributed by atoms with Gasteiger partial charge in [0, 0.05) is 15.4 Å². The number of anilines is 1. The predicted octanol–water partition coefficient (Wildman–Crippen LogP) is 3.89. The highest BCUT2D eigenvalue weighted by Crippen LogP contribution is 2.22. The molecule has 0 aliphatic carbocycles. The van der Waals surface area contributed by atoms with Gasteiger partial charge in [-0.15, -0.1) is 11.3 Å². The maximum absolute atomic E-state index is 12.3. The molecule has 1 N–H and O–H groups in total. The lowest BCUT2D eigenvalue weighted by Crippen LogP contribution is -2.11. The largest absolute Gasteiger partial charge is 0.484 e. The van der Waals surface area contributed by atoms with Crippen molar-refractivity contribution in [3.05, 3.63) is 57.4 Å². The van der Waals surface area contributed by atoms with Crippen molar-refractivity contribution in [3.63, 3.8) is 0 Å². The van der Waals surface area contributed by atoms with Crippen LogP contribution in [0.1, 0.15) is 31.8 Å². The van der Waals surface area contributed by atoms with Crippen molar-refractivity contribution in [2.45, 2.75) is 27.4 Å². The summed E-state index contributed by atoms with van der Waals surface area (Å²) in [5.41, 5.74) is 1.42. The molecule has 6 nitrogen and oxygen atoms in total. The van der Waals surface area contributed by atoms with Gasteiger partial charge >= 0.3 is 0 Å². The number of carbonyl (C=O) groups excluding carboxylic acids is 1. The molecule has 0 atom stereocenters. The van der Waals surface area contributed by atoms with Gasteiger partial charge in [0.25, 0.3) is 11.8 Å². The van der Waals surface area contributed by atoms with Crippen LogP contribution in [-0.2, 0) is 6.61 Å². The predicted molar refractivity (Wildman–Crippen MR) is 91.6 cm³/mol. The first-order valence-corrected chi connectivity index (χ1v) is 8.23. The molecule has 124 valence electrons. The maximum atomic E-state index is 12.3. The summed E-state index contributed by atoms with van der Waals surface area (Å²) in [6.07, 6.45) is 0. The maximum Gasteiger partial charge on any atom is 0.264 e. The van der Waals surface area contributed by atoms with Gasteiger partial charge in [0.15, 0.2) is 12.4 Å². The summed E-state index contributed by atoms with van der Waals surface area (Å²) in [5, 5.41) is 6.59. The minimum Gasteiger partial charge on any atom is -0.484 e. The summed E-state index contributed by atoms with van der Waals surface area (Å²) in [5.74, 6) is 1.55. The Morgan fingerprint density at radius 3 is 2.58 bits per heavy atom. The van der Waals surface area contributed by atoms with Crippen molar-refractivity contribution in [2.75, 3.05) is 5.32 Å². The summed E-state index contributed by atoms with van der Waals surface area (Å²) >= 11 is 1.62. The summed E-state index contributed by atoms with van der Waals surface area (Å²) in [6.45, 7) is 5.90. The summed E-state index contributed by atoms with van der Waals surface area (Å²) in [6, 6.07) is 9.05. The van der Waals surface area contributed by atoms with Crippen molar-refractivity contribution in [1.29, 1.82) is 0 Å². The molecule has 3 rings (SSSR count). The highest BCUT2D eigenvalue weighted by Gasteiger charge is 2.12. The van der Waals surface area contributed by atoms with Gasteiger partial charge in [0.2, 0.25) is 0 Å². The first kappa shape index (κ1) is 16.2. The van der Waals surface area contributed by atoms with Crippen LogP contribution in [0.4, 0.5) is 5.69 Å². The second-order valence-corrected chi connectivity index (χ2v) is 6.79. The van der Waals surface area contributed by atoms with E-state index in [1.807, 2.05) is 19.9 Å². The van der Waals surface area contributed by atoms with E-state index in [-0.39, 0.29) is 12.5 Å². The molecule has 0 saturated carbocycles. The number of benzene rings is 1. The van der Waals surface area contributed by atoms with E-state index in [0.29, 0.717) is 28.7 Å². The van der Waals surface area contributed by atoms with Crippen LogP contribution >= 0.6 is 11.3 Å². The number of aryl methyl sites for hydroxylation is 3. The molecular formula is C17H17N3O3S. The number of rotatable bonds is 5. The molecule has 24 heavy (non-hydrogen) atoms. The number of nitrogens with zero attached hydrogens (tertiary/aromatic N) is 2. The highest BCUT2D eigenvalue weighted by atomic mass is 32.1. The van der Waals surface area contributed by atoms with Crippen LogP contribution in [0.5, 0.6) is 5.75 Å². The molecule has 0 bridgehead atoms. The highest BCUT2D eigenvalue weighted by molar-refractivity contribution is 7.12. The average molecular weight is 343 g/mol. The SMILES string of the molecule is Cc1noc(COc2ccc(NC(=O)c3cc(C)sc3C)cc2)n1. The van der Waals surface area contributed by atoms with E-state index in [9.17, 15) is 4.79 Å². The second-order valence-electron chi connectivity index (χ2n) is 5.33. The number of nitrogens with one attached hydrogen (secondary N) is 1. The van der Waals surface area contributed by atoms with E-state index >= 15 is 0 Å². The van der Waals surface area contributed by atoms with Crippen molar-refractivity contribution in [3.8, 4) is 5.75 Å². The lowest BCUT2D eigenvalue weighted by Gasteiger charge is -2.07. The molecule has 0 fully saturated rings. The molecule has 0 saturated heterocycles. The Balaban J connectivity index is 1.60. The Kier molecular flexibility index (Phi) is 4.61. The monoisotopic (exact) mass is 343 g/mol. The third-order valence-corrected chi connectivity index (χ3v) is 4.30. The van der Waals surface area contributed by atoms with Crippen LogP contribution in [0.25, 0.3) is 0 Å². The van der Waals surface area contributed by atoms with Crippen molar-refractivity contribution >= 4 is 22.9 Å². The Morgan fingerprint density at radius 2 is 2.00 bits per heavy atom. The molecular weight excluding hydrogens is 326 g/mol.